The third kappa shape index (κ3) is 9.00. The van der Waals surface area contributed by atoms with Gasteiger partial charge in [0.25, 0.3) is 0 Å². The minimum Gasteiger partial charge on any atom is -0.381 e. The molecule has 1 aromatic carbocycles. The zero-order valence-corrected chi connectivity index (χ0v) is 22.6. The first-order valence-electron chi connectivity index (χ1n) is 12.8. The lowest BCUT2D eigenvalue weighted by atomic mass is 10.1. The summed E-state index contributed by atoms with van der Waals surface area (Å²) in [4.78, 5) is 7.54. The summed E-state index contributed by atoms with van der Waals surface area (Å²) < 4.78 is 11.5. The van der Waals surface area contributed by atoms with Crippen LogP contribution in [0.1, 0.15) is 63.0 Å². The average molecular weight is 571 g/mol. The van der Waals surface area contributed by atoms with Crippen LogP contribution >= 0.6 is 24.0 Å². The van der Waals surface area contributed by atoms with E-state index in [0.717, 1.165) is 51.0 Å². The van der Waals surface area contributed by atoms with Gasteiger partial charge in [0, 0.05) is 45.4 Å². The summed E-state index contributed by atoms with van der Waals surface area (Å²) in [5.41, 5.74) is 2.45. The maximum atomic E-state index is 6.09. The summed E-state index contributed by atoms with van der Waals surface area (Å²) in [6.45, 7) is 9.63. The Morgan fingerprint density at radius 2 is 1.91 bits per heavy atom. The normalized spacial score (nSPS) is 22.9. The zero-order chi connectivity index (χ0) is 22.0. The lowest BCUT2D eigenvalue weighted by molar-refractivity contribution is -0.0390. The molecule has 4 rings (SSSR count). The number of aliphatic imine (C=N–C) groups is 1. The molecule has 2 aliphatic heterocycles. The smallest absolute Gasteiger partial charge is 0.191 e. The van der Waals surface area contributed by atoms with E-state index in [-0.39, 0.29) is 24.0 Å². The molecule has 0 radical (unpaired) electrons. The molecule has 7 heteroatoms. The van der Waals surface area contributed by atoms with Crippen LogP contribution in [0.5, 0.6) is 0 Å². The lowest BCUT2D eigenvalue weighted by Crippen LogP contribution is -2.44. The molecule has 1 unspecified atom stereocenters. The van der Waals surface area contributed by atoms with Crippen molar-refractivity contribution in [2.75, 3.05) is 39.4 Å². The molecule has 33 heavy (non-hydrogen) atoms. The maximum Gasteiger partial charge on any atom is 0.191 e. The van der Waals surface area contributed by atoms with Crippen molar-refractivity contribution in [1.82, 2.24) is 15.5 Å². The van der Waals surface area contributed by atoms with Crippen molar-refractivity contribution in [2.24, 2.45) is 10.9 Å². The van der Waals surface area contributed by atoms with E-state index in [1.54, 1.807) is 0 Å². The second-order valence-corrected chi connectivity index (χ2v) is 9.68. The number of rotatable bonds is 9. The molecular weight excluding hydrogens is 527 g/mol. The molecular formula is C26H43IN4O2. The molecule has 1 aromatic rings. The SMILES string of the molecule is CCNC(=NCc1cccc(COC2CCOCC2)c1)NC1CCN(CC2CCCC2)C1.I. The van der Waals surface area contributed by atoms with Gasteiger partial charge in [-0.05, 0) is 56.1 Å². The number of benzene rings is 1. The fourth-order valence-electron chi connectivity index (χ4n) is 5.23. The van der Waals surface area contributed by atoms with Crippen LogP contribution in [0.4, 0.5) is 0 Å². The Labute approximate surface area is 217 Å². The molecule has 0 amide bonds. The van der Waals surface area contributed by atoms with Crippen molar-refractivity contribution < 1.29 is 9.47 Å². The molecule has 6 nitrogen and oxygen atoms in total. The summed E-state index contributed by atoms with van der Waals surface area (Å²) in [6.07, 6.45) is 9.25. The van der Waals surface area contributed by atoms with Crippen LogP contribution in [0.15, 0.2) is 29.3 Å². The van der Waals surface area contributed by atoms with E-state index in [1.807, 2.05) is 0 Å². The molecule has 0 aromatic heterocycles. The van der Waals surface area contributed by atoms with Crippen LogP contribution in [-0.2, 0) is 22.6 Å². The quantitative estimate of drug-likeness (QED) is 0.263. The number of guanidine groups is 1. The summed E-state index contributed by atoms with van der Waals surface area (Å²) in [7, 11) is 0. The summed E-state index contributed by atoms with van der Waals surface area (Å²) in [5.74, 6) is 1.86. The van der Waals surface area contributed by atoms with Crippen LogP contribution in [0.25, 0.3) is 0 Å². The van der Waals surface area contributed by atoms with E-state index in [9.17, 15) is 0 Å². The Morgan fingerprint density at radius 3 is 2.70 bits per heavy atom. The van der Waals surface area contributed by atoms with Gasteiger partial charge in [0.15, 0.2) is 5.96 Å². The predicted molar refractivity (Wildman–Crippen MR) is 145 cm³/mol. The van der Waals surface area contributed by atoms with Crippen LogP contribution in [0.2, 0.25) is 0 Å². The number of nitrogens with zero attached hydrogens (tertiary/aromatic N) is 2. The number of hydrogen-bond acceptors (Lipinski definition) is 4. The Balaban J connectivity index is 0.00000306. The molecule has 0 bridgehead atoms. The number of likely N-dealkylation sites (tertiary alicyclic amines) is 1. The Hall–Kier alpha value is -0.900. The number of ether oxygens (including phenoxy) is 2. The van der Waals surface area contributed by atoms with Crippen LogP contribution in [0, 0.1) is 5.92 Å². The van der Waals surface area contributed by atoms with Crippen LogP contribution in [0.3, 0.4) is 0 Å². The standard InChI is InChI=1S/C26H42N4O2.HI/c1-2-27-26(29-24-10-13-30(19-24)18-21-6-3-4-7-21)28-17-22-8-5-9-23(16-22)20-32-25-11-14-31-15-12-25;/h5,8-9,16,21,24-25H,2-4,6-7,10-15,17-20H2,1H3,(H2,27,28,29);1H. The van der Waals surface area contributed by atoms with Crippen molar-refractivity contribution >= 4 is 29.9 Å². The average Bonchev–Trinajstić information content (AvgIpc) is 3.50. The molecule has 1 atom stereocenters. The topological polar surface area (TPSA) is 58.1 Å². The van der Waals surface area contributed by atoms with Gasteiger partial charge in [-0.3, -0.25) is 0 Å². The molecule has 2 N–H and O–H groups in total. The first-order valence-corrected chi connectivity index (χ1v) is 12.8. The highest BCUT2D eigenvalue weighted by atomic mass is 127. The number of halogens is 1. The Kier molecular flexibility index (Phi) is 11.7. The van der Waals surface area contributed by atoms with Gasteiger partial charge in [-0.1, -0.05) is 37.1 Å². The first-order chi connectivity index (χ1) is 15.8. The first kappa shape index (κ1) is 26.7. The highest BCUT2D eigenvalue weighted by Crippen LogP contribution is 2.26. The molecule has 3 fully saturated rings. The minimum atomic E-state index is 0. The van der Waals surface area contributed by atoms with Crippen LogP contribution < -0.4 is 10.6 Å². The van der Waals surface area contributed by atoms with E-state index < -0.39 is 0 Å². The van der Waals surface area contributed by atoms with Crippen molar-refractivity contribution in [1.29, 1.82) is 0 Å². The van der Waals surface area contributed by atoms with Crippen LogP contribution in [-0.4, -0.2) is 62.4 Å². The fourth-order valence-corrected chi connectivity index (χ4v) is 5.23. The van der Waals surface area contributed by atoms with E-state index in [0.29, 0.717) is 25.3 Å². The van der Waals surface area contributed by atoms with Gasteiger partial charge in [-0.2, -0.15) is 0 Å². The molecule has 1 aliphatic carbocycles. The van der Waals surface area contributed by atoms with E-state index >= 15 is 0 Å². The van der Waals surface area contributed by atoms with Crippen molar-refractivity contribution in [3.05, 3.63) is 35.4 Å². The fraction of sp³-hybridized carbons (Fsp3) is 0.731. The molecule has 3 aliphatic rings. The molecule has 2 heterocycles. The summed E-state index contributed by atoms with van der Waals surface area (Å²) >= 11 is 0. The molecule has 0 spiro atoms. The molecule has 186 valence electrons. The van der Waals surface area contributed by atoms with Gasteiger partial charge in [0.05, 0.1) is 19.3 Å². The predicted octanol–water partition coefficient (Wildman–Crippen LogP) is 4.32. The maximum absolute atomic E-state index is 6.09. The van der Waals surface area contributed by atoms with Gasteiger partial charge in [0.1, 0.15) is 0 Å². The minimum absolute atomic E-state index is 0. The third-order valence-electron chi connectivity index (χ3n) is 7.01. The van der Waals surface area contributed by atoms with Crippen molar-refractivity contribution in [3.63, 3.8) is 0 Å². The monoisotopic (exact) mass is 570 g/mol. The van der Waals surface area contributed by atoms with E-state index in [4.69, 9.17) is 14.5 Å². The highest BCUT2D eigenvalue weighted by molar-refractivity contribution is 14.0. The summed E-state index contributed by atoms with van der Waals surface area (Å²) in [6, 6.07) is 9.14. The number of hydrogen-bond donors (Lipinski definition) is 2. The zero-order valence-electron chi connectivity index (χ0n) is 20.3. The Bertz CT molecular complexity index is 720. The van der Waals surface area contributed by atoms with Gasteiger partial charge < -0.3 is 25.0 Å². The Morgan fingerprint density at radius 1 is 1.12 bits per heavy atom. The van der Waals surface area contributed by atoms with E-state index in [2.05, 4.69) is 46.7 Å². The lowest BCUT2D eigenvalue weighted by Gasteiger charge is -2.22. The van der Waals surface area contributed by atoms with Gasteiger partial charge in [-0.15, -0.1) is 24.0 Å². The van der Waals surface area contributed by atoms with Crippen molar-refractivity contribution in [2.45, 2.75) is 77.2 Å². The molecule has 2 saturated heterocycles. The van der Waals surface area contributed by atoms with Gasteiger partial charge in [-0.25, -0.2) is 4.99 Å². The largest absolute Gasteiger partial charge is 0.381 e. The number of nitrogens with one attached hydrogen (secondary N) is 2. The third-order valence-corrected chi connectivity index (χ3v) is 7.01. The summed E-state index contributed by atoms with van der Waals surface area (Å²) in [5, 5.41) is 7.12. The van der Waals surface area contributed by atoms with Gasteiger partial charge >= 0.3 is 0 Å². The molecule has 1 saturated carbocycles. The van der Waals surface area contributed by atoms with Gasteiger partial charge in [0.2, 0.25) is 0 Å². The second kappa shape index (κ2) is 14.5. The van der Waals surface area contributed by atoms with E-state index in [1.165, 1.54) is 56.3 Å². The second-order valence-electron chi connectivity index (χ2n) is 9.68. The van der Waals surface area contributed by atoms with Crippen molar-refractivity contribution in [3.8, 4) is 0 Å². The highest BCUT2D eigenvalue weighted by Gasteiger charge is 2.26.